The molecule has 3 aromatic rings. The Bertz CT molecular complexity index is 924. The number of nitrogens with two attached hydrogens (primary N) is 1. The number of aryl methyl sites for hydroxylation is 1. The normalized spacial score (nSPS) is 9.37. The largest absolute Gasteiger partial charge is 0.504 e. The molecule has 7 heteroatoms. The Labute approximate surface area is 156 Å². The maximum absolute atomic E-state index is 12.9. The minimum absolute atomic E-state index is 0.0185. The van der Waals surface area contributed by atoms with Gasteiger partial charge in [-0.2, -0.15) is 0 Å². The third kappa shape index (κ3) is 5.58. The Morgan fingerprint density at radius 1 is 1.19 bits per heavy atom. The van der Waals surface area contributed by atoms with Crippen molar-refractivity contribution in [3.63, 3.8) is 0 Å². The molecule has 0 aliphatic rings. The predicted octanol–water partition coefficient (Wildman–Crippen LogP) is 3.47. The van der Waals surface area contributed by atoms with Crippen molar-refractivity contribution in [3.05, 3.63) is 65.1 Å². The number of fused-ring (bicyclic) bond motifs is 1. The highest BCUT2D eigenvalue weighted by atomic mass is 19.1. The number of para-hydroxylation sites is 1. The summed E-state index contributed by atoms with van der Waals surface area (Å²) in [5.41, 5.74) is 6.74. The molecular formula is C20H22FN3O3. The van der Waals surface area contributed by atoms with E-state index in [2.05, 4.69) is 10.7 Å². The van der Waals surface area contributed by atoms with Gasteiger partial charge in [0, 0.05) is 34.5 Å². The van der Waals surface area contributed by atoms with Crippen LogP contribution in [0.2, 0.25) is 0 Å². The number of rotatable bonds is 3. The molecule has 0 bridgehead atoms. The van der Waals surface area contributed by atoms with E-state index in [1.54, 1.807) is 37.3 Å². The second kappa shape index (κ2) is 10.6. The molecule has 0 aliphatic carbocycles. The van der Waals surface area contributed by atoms with Crippen molar-refractivity contribution in [2.45, 2.75) is 6.92 Å². The number of pyridine rings is 1. The van der Waals surface area contributed by atoms with Crippen molar-refractivity contribution in [2.75, 3.05) is 14.2 Å². The minimum atomic E-state index is -0.340. The number of ether oxygens (including phenoxy) is 1. The predicted molar refractivity (Wildman–Crippen MR) is 104 cm³/mol. The van der Waals surface area contributed by atoms with E-state index < -0.39 is 0 Å². The first-order valence-electron chi connectivity index (χ1n) is 7.96. The van der Waals surface area contributed by atoms with E-state index in [1.165, 1.54) is 26.3 Å². The van der Waals surface area contributed by atoms with Gasteiger partial charge in [0.05, 0.1) is 12.6 Å². The van der Waals surface area contributed by atoms with Gasteiger partial charge in [0.1, 0.15) is 5.82 Å². The lowest BCUT2D eigenvalue weighted by Gasteiger charge is -2.03. The quantitative estimate of drug-likeness (QED) is 0.482. The fourth-order valence-electron chi connectivity index (χ4n) is 2.28. The molecule has 0 radical (unpaired) electrons. The number of phenolic OH excluding ortho intramolecular Hbond substituents is 1. The maximum Gasteiger partial charge on any atom is 0.166 e. The molecule has 0 fully saturated rings. The Morgan fingerprint density at radius 3 is 2.48 bits per heavy atom. The maximum atomic E-state index is 12.9. The van der Waals surface area contributed by atoms with E-state index in [1.807, 2.05) is 0 Å². The zero-order valence-electron chi connectivity index (χ0n) is 15.4. The summed E-state index contributed by atoms with van der Waals surface area (Å²) in [7, 11) is 2.97. The van der Waals surface area contributed by atoms with Crippen LogP contribution in [0.5, 0.6) is 11.5 Å². The molecule has 142 valence electrons. The summed E-state index contributed by atoms with van der Waals surface area (Å²) in [6.07, 6.45) is 1.84. The number of phenols is 1. The van der Waals surface area contributed by atoms with Crippen molar-refractivity contribution < 1.29 is 19.0 Å². The second-order valence-electron chi connectivity index (χ2n) is 5.17. The minimum Gasteiger partial charge on any atom is -0.504 e. The summed E-state index contributed by atoms with van der Waals surface area (Å²) < 4.78 is 17.7. The number of hydrogen-bond donors (Lipinski definition) is 3. The number of hydrogen-bond acceptors (Lipinski definition) is 6. The van der Waals surface area contributed by atoms with Gasteiger partial charge in [0.15, 0.2) is 17.8 Å². The van der Waals surface area contributed by atoms with Crippen LogP contribution in [0.1, 0.15) is 21.6 Å². The van der Waals surface area contributed by atoms with Gasteiger partial charge in [-0.05, 0) is 44.3 Å². The molecule has 27 heavy (non-hydrogen) atoms. The second-order valence-corrected chi connectivity index (χ2v) is 5.17. The van der Waals surface area contributed by atoms with Gasteiger partial charge in [-0.3, -0.25) is 9.78 Å². The number of aromatic hydroxyl groups is 1. The first-order chi connectivity index (χ1) is 13.0. The van der Waals surface area contributed by atoms with E-state index in [0.717, 1.165) is 12.5 Å². The summed E-state index contributed by atoms with van der Waals surface area (Å²) in [5.74, 6) is 0.0726. The van der Waals surface area contributed by atoms with Gasteiger partial charge in [-0.1, -0.05) is 6.07 Å². The molecular weight excluding hydrogens is 349 g/mol. The number of aldehydes is 1. The van der Waals surface area contributed by atoms with Crippen molar-refractivity contribution in [1.82, 2.24) is 4.98 Å². The summed E-state index contributed by atoms with van der Waals surface area (Å²) in [6.45, 7) is 1.78. The van der Waals surface area contributed by atoms with Crippen LogP contribution >= 0.6 is 0 Å². The molecule has 1 heterocycles. The third-order valence-electron chi connectivity index (χ3n) is 3.46. The van der Waals surface area contributed by atoms with Gasteiger partial charge < -0.3 is 21.0 Å². The van der Waals surface area contributed by atoms with Crippen molar-refractivity contribution in [1.29, 1.82) is 5.41 Å². The molecule has 4 N–H and O–H groups in total. The van der Waals surface area contributed by atoms with Gasteiger partial charge in [0.2, 0.25) is 0 Å². The van der Waals surface area contributed by atoms with Crippen LogP contribution in [0.15, 0.2) is 42.5 Å². The summed E-state index contributed by atoms with van der Waals surface area (Å²) in [5, 5.41) is 16.9. The topological polar surface area (TPSA) is 109 Å². The average molecular weight is 371 g/mol. The monoisotopic (exact) mass is 371 g/mol. The van der Waals surface area contributed by atoms with Gasteiger partial charge in [0.25, 0.3) is 0 Å². The molecule has 0 saturated carbocycles. The molecule has 0 aliphatic heterocycles. The van der Waals surface area contributed by atoms with Crippen LogP contribution in [-0.2, 0) is 0 Å². The van der Waals surface area contributed by atoms with Gasteiger partial charge in [-0.15, -0.1) is 0 Å². The van der Waals surface area contributed by atoms with E-state index in [9.17, 15) is 14.3 Å². The number of nitrogens with one attached hydrogen (secondary N) is 1. The van der Waals surface area contributed by atoms with Crippen LogP contribution in [0.25, 0.3) is 10.9 Å². The molecule has 1 aromatic heterocycles. The van der Waals surface area contributed by atoms with Crippen molar-refractivity contribution in [2.24, 2.45) is 5.73 Å². The van der Waals surface area contributed by atoms with Crippen LogP contribution in [0.4, 0.5) is 4.39 Å². The van der Waals surface area contributed by atoms with Crippen LogP contribution in [0.3, 0.4) is 0 Å². The van der Waals surface area contributed by atoms with Crippen molar-refractivity contribution >= 4 is 23.4 Å². The molecule has 3 rings (SSSR count). The lowest BCUT2D eigenvalue weighted by atomic mass is 10.1. The lowest BCUT2D eigenvalue weighted by Crippen LogP contribution is -1.90. The lowest BCUT2D eigenvalue weighted by molar-refractivity contribution is 0.112. The number of carbonyl (C=O) groups is 1. The SMILES string of the molecule is CN.COc1cccc(C=N)c1O.Cc1cc(C=O)c2ccc(F)cc2n1. The first-order valence-corrected chi connectivity index (χ1v) is 7.96. The fourth-order valence-corrected chi connectivity index (χ4v) is 2.28. The van der Waals surface area contributed by atoms with Crippen LogP contribution in [-0.4, -0.2) is 36.7 Å². The highest BCUT2D eigenvalue weighted by Gasteiger charge is 2.04. The van der Waals surface area contributed by atoms with Crippen molar-refractivity contribution in [3.8, 4) is 11.5 Å². The average Bonchev–Trinajstić information content (AvgIpc) is 2.69. The summed E-state index contributed by atoms with van der Waals surface area (Å²) >= 11 is 0. The third-order valence-corrected chi connectivity index (χ3v) is 3.46. The molecule has 2 aromatic carbocycles. The molecule has 6 nitrogen and oxygen atoms in total. The molecule has 0 saturated heterocycles. The van der Waals surface area contributed by atoms with E-state index >= 15 is 0 Å². The number of benzene rings is 2. The number of halogens is 1. The van der Waals surface area contributed by atoms with E-state index in [0.29, 0.717) is 33.5 Å². The Hall–Kier alpha value is -3.32. The first kappa shape index (κ1) is 21.7. The molecule has 0 spiro atoms. The zero-order chi connectivity index (χ0) is 20.4. The van der Waals surface area contributed by atoms with Gasteiger partial charge >= 0.3 is 0 Å². The molecule has 0 atom stereocenters. The summed E-state index contributed by atoms with van der Waals surface area (Å²) in [4.78, 5) is 14.9. The number of methoxy groups -OCH3 is 1. The van der Waals surface area contributed by atoms with E-state index in [4.69, 9.17) is 10.1 Å². The van der Waals surface area contributed by atoms with Crippen LogP contribution < -0.4 is 10.5 Å². The molecule has 0 amide bonds. The Morgan fingerprint density at radius 2 is 1.89 bits per heavy atom. The zero-order valence-corrected chi connectivity index (χ0v) is 15.4. The highest BCUT2D eigenvalue weighted by molar-refractivity contribution is 5.96. The fraction of sp³-hybridized carbons (Fsp3) is 0.150. The Kier molecular flexibility index (Phi) is 8.55. The summed E-state index contributed by atoms with van der Waals surface area (Å²) in [6, 6.07) is 10.9. The molecule has 0 unspecified atom stereocenters. The highest BCUT2D eigenvalue weighted by Crippen LogP contribution is 2.27. The Balaban J connectivity index is 0.000000254. The van der Waals surface area contributed by atoms with E-state index in [-0.39, 0.29) is 11.6 Å². The van der Waals surface area contributed by atoms with Crippen LogP contribution in [0, 0.1) is 18.2 Å². The number of nitrogens with zero attached hydrogens (tertiary/aromatic N) is 1. The smallest absolute Gasteiger partial charge is 0.166 e. The standard InChI is InChI=1S/C11H8FNO.C8H9NO2.CH5N/c1-7-4-8(6-14)10-3-2-9(12)5-11(10)13-7;1-11-7-4-2-3-6(5-9)8(7)10;1-2/h2-6H,1H3;2-5,9-10H,1H3;2H2,1H3. The number of carbonyl (C=O) groups excluding carboxylic acids is 1. The number of aromatic nitrogens is 1. The van der Waals surface area contributed by atoms with Gasteiger partial charge in [-0.25, -0.2) is 4.39 Å².